The molecule has 0 heterocycles. The highest BCUT2D eigenvalue weighted by molar-refractivity contribution is 6.21. The first-order valence-corrected chi connectivity index (χ1v) is 10.7. The molecule has 1 atom stereocenters. The molecule has 27 heavy (non-hydrogen) atoms. The molecule has 0 radical (unpaired) electrons. The molecular weight excluding hydrogens is 364 g/mol. The highest BCUT2D eigenvalue weighted by Crippen LogP contribution is 2.33. The van der Waals surface area contributed by atoms with Crippen LogP contribution in [-0.4, -0.2) is 25.8 Å². The molecule has 0 aliphatic rings. The molecule has 0 aliphatic carbocycles. The van der Waals surface area contributed by atoms with Crippen molar-refractivity contribution in [2.45, 2.75) is 77.5 Å². The van der Waals surface area contributed by atoms with Crippen molar-refractivity contribution in [3.05, 3.63) is 23.8 Å². The number of carbonyl (C=O) groups excluding carboxylic acids is 1. The monoisotopic (exact) mass is 398 g/mol. The van der Waals surface area contributed by atoms with Gasteiger partial charge in [0, 0.05) is 12.5 Å². The minimum Gasteiger partial charge on any atom is -0.494 e. The Hall–Kier alpha value is -1.42. The van der Waals surface area contributed by atoms with Crippen LogP contribution in [0.25, 0.3) is 0 Å². The lowest BCUT2D eigenvalue weighted by Gasteiger charge is -2.17. The summed E-state index contributed by atoms with van der Waals surface area (Å²) in [6.45, 7) is 7.22. The fourth-order valence-corrected chi connectivity index (χ4v) is 2.94. The van der Waals surface area contributed by atoms with Gasteiger partial charge in [-0.05, 0) is 31.0 Å². The summed E-state index contributed by atoms with van der Waals surface area (Å²) >= 11 is 6.48. The Morgan fingerprint density at radius 3 is 2.19 bits per heavy atom. The van der Waals surface area contributed by atoms with Crippen LogP contribution in [0.4, 0.5) is 0 Å². The summed E-state index contributed by atoms with van der Waals surface area (Å²) in [7, 11) is 0. The van der Waals surface area contributed by atoms with Crippen LogP contribution >= 0.6 is 11.6 Å². The molecule has 154 valence electrons. The predicted molar refractivity (Wildman–Crippen MR) is 111 cm³/mol. The van der Waals surface area contributed by atoms with Gasteiger partial charge in [0.25, 0.3) is 0 Å². The van der Waals surface area contributed by atoms with Crippen molar-refractivity contribution >= 4 is 17.6 Å². The van der Waals surface area contributed by atoms with Crippen LogP contribution in [0.5, 0.6) is 11.5 Å². The van der Waals surface area contributed by atoms with E-state index in [0.717, 1.165) is 36.3 Å². The third-order valence-electron chi connectivity index (χ3n) is 4.27. The molecule has 1 aromatic rings. The van der Waals surface area contributed by atoms with E-state index in [2.05, 4.69) is 13.8 Å². The van der Waals surface area contributed by atoms with Gasteiger partial charge in [0.15, 0.2) is 0 Å². The Bertz CT molecular complexity index is 533. The van der Waals surface area contributed by atoms with Gasteiger partial charge in [-0.25, -0.2) is 0 Å². The molecule has 1 unspecified atom stereocenters. The first-order chi connectivity index (χ1) is 13.1. The zero-order valence-electron chi connectivity index (χ0n) is 17.1. The summed E-state index contributed by atoms with van der Waals surface area (Å²) in [5.41, 5.74) is 0.805. The van der Waals surface area contributed by atoms with Crippen molar-refractivity contribution < 1.29 is 19.0 Å². The minimum absolute atomic E-state index is 0.114. The Labute approximate surface area is 169 Å². The second-order valence-corrected chi connectivity index (χ2v) is 7.31. The van der Waals surface area contributed by atoms with Gasteiger partial charge in [-0.2, -0.15) is 0 Å². The fourth-order valence-electron chi connectivity index (χ4n) is 2.70. The number of halogens is 1. The quantitative estimate of drug-likeness (QED) is 0.193. The molecule has 0 aliphatic heterocycles. The molecule has 0 aromatic heterocycles. The minimum atomic E-state index is -0.469. The Kier molecular flexibility index (Phi) is 12.8. The van der Waals surface area contributed by atoms with Crippen molar-refractivity contribution in [2.24, 2.45) is 0 Å². The van der Waals surface area contributed by atoms with Crippen LogP contribution in [0.15, 0.2) is 18.2 Å². The predicted octanol–water partition coefficient (Wildman–Crippen LogP) is 6.45. The molecule has 5 heteroatoms. The number of carbonyl (C=O) groups is 1. The topological polar surface area (TPSA) is 44.8 Å². The number of ether oxygens (including phenoxy) is 3. The summed E-state index contributed by atoms with van der Waals surface area (Å²) in [6.07, 6.45) is 9.23. The van der Waals surface area contributed by atoms with Crippen molar-refractivity contribution in [1.82, 2.24) is 0 Å². The van der Waals surface area contributed by atoms with Crippen molar-refractivity contribution in [3.63, 3.8) is 0 Å². The van der Waals surface area contributed by atoms with Gasteiger partial charge < -0.3 is 14.2 Å². The SMILES string of the molecule is CCCCCCOc1ccc(OCCCCCC)c(C(Cl)COC(C)=O)c1. The molecule has 0 fully saturated rings. The molecule has 0 saturated carbocycles. The first kappa shape index (κ1) is 23.6. The lowest BCUT2D eigenvalue weighted by atomic mass is 10.1. The van der Waals surface area contributed by atoms with E-state index in [9.17, 15) is 4.79 Å². The third kappa shape index (κ3) is 10.5. The highest BCUT2D eigenvalue weighted by Gasteiger charge is 2.17. The molecule has 1 aromatic carbocycles. The third-order valence-corrected chi connectivity index (χ3v) is 4.63. The molecule has 0 bridgehead atoms. The Morgan fingerprint density at radius 2 is 1.59 bits per heavy atom. The van der Waals surface area contributed by atoms with E-state index in [0.29, 0.717) is 13.2 Å². The smallest absolute Gasteiger partial charge is 0.302 e. The summed E-state index contributed by atoms with van der Waals surface area (Å²) < 4.78 is 16.9. The summed E-state index contributed by atoms with van der Waals surface area (Å²) in [4.78, 5) is 11.1. The number of unbranched alkanes of at least 4 members (excludes halogenated alkanes) is 6. The van der Waals surface area contributed by atoms with Crippen molar-refractivity contribution in [2.75, 3.05) is 19.8 Å². The average molecular weight is 399 g/mol. The molecule has 0 saturated heterocycles. The van der Waals surface area contributed by atoms with Crippen LogP contribution in [0.3, 0.4) is 0 Å². The number of rotatable bonds is 15. The molecule has 0 amide bonds. The average Bonchev–Trinajstić information content (AvgIpc) is 2.66. The maximum atomic E-state index is 11.1. The lowest BCUT2D eigenvalue weighted by Crippen LogP contribution is -2.09. The van der Waals surface area contributed by atoms with Crippen LogP contribution < -0.4 is 9.47 Å². The van der Waals surface area contributed by atoms with Gasteiger partial charge in [0.2, 0.25) is 0 Å². The van der Waals surface area contributed by atoms with E-state index in [1.54, 1.807) is 0 Å². The number of alkyl halides is 1. The standard InChI is InChI=1S/C22H35ClO4/c1-4-6-8-10-14-25-19-12-13-22(26-15-11-9-7-5-2)20(16-19)21(23)17-27-18(3)24/h12-13,16,21H,4-11,14-15,17H2,1-3H3. The molecule has 0 spiro atoms. The zero-order valence-corrected chi connectivity index (χ0v) is 17.9. The van der Waals surface area contributed by atoms with Gasteiger partial charge in [-0.15, -0.1) is 11.6 Å². The second-order valence-electron chi connectivity index (χ2n) is 6.79. The van der Waals surface area contributed by atoms with E-state index in [1.807, 2.05) is 18.2 Å². The van der Waals surface area contributed by atoms with Crippen LogP contribution in [0.2, 0.25) is 0 Å². The maximum Gasteiger partial charge on any atom is 0.302 e. The van der Waals surface area contributed by atoms with E-state index < -0.39 is 5.38 Å². The van der Waals surface area contributed by atoms with Crippen LogP contribution in [0, 0.1) is 0 Å². The summed E-state index contributed by atoms with van der Waals surface area (Å²) in [6, 6.07) is 5.72. The number of esters is 1. The van der Waals surface area contributed by atoms with Gasteiger partial charge in [0.05, 0.1) is 18.6 Å². The van der Waals surface area contributed by atoms with E-state index in [4.69, 9.17) is 25.8 Å². The Balaban J connectivity index is 2.70. The van der Waals surface area contributed by atoms with Gasteiger partial charge in [0.1, 0.15) is 18.1 Å². The largest absolute Gasteiger partial charge is 0.494 e. The normalized spacial score (nSPS) is 11.9. The summed E-state index contributed by atoms with van der Waals surface area (Å²) in [5.74, 6) is 1.16. The van der Waals surface area contributed by atoms with Crippen LogP contribution in [0.1, 0.15) is 83.1 Å². The fraction of sp³-hybridized carbons (Fsp3) is 0.682. The zero-order chi connectivity index (χ0) is 19.9. The number of hydrogen-bond acceptors (Lipinski definition) is 4. The second kappa shape index (κ2) is 14.6. The molecule has 0 N–H and O–H groups in total. The van der Waals surface area contributed by atoms with E-state index >= 15 is 0 Å². The number of benzene rings is 1. The Morgan fingerprint density at radius 1 is 0.963 bits per heavy atom. The molecule has 4 nitrogen and oxygen atoms in total. The van der Waals surface area contributed by atoms with Gasteiger partial charge in [-0.1, -0.05) is 52.4 Å². The van der Waals surface area contributed by atoms with E-state index in [1.165, 1.54) is 39.0 Å². The highest BCUT2D eigenvalue weighted by atomic mass is 35.5. The first-order valence-electron chi connectivity index (χ1n) is 10.2. The molecular formula is C22H35ClO4. The maximum absolute atomic E-state index is 11.1. The van der Waals surface area contributed by atoms with Crippen LogP contribution in [-0.2, 0) is 9.53 Å². The van der Waals surface area contributed by atoms with Gasteiger partial charge in [-0.3, -0.25) is 4.79 Å². The van der Waals surface area contributed by atoms with E-state index in [-0.39, 0.29) is 12.6 Å². The number of hydrogen-bond donors (Lipinski definition) is 0. The van der Waals surface area contributed by atoms with Crippen molar-refractivity contribution in [1.29, 1.82) is 0 Å². The molecule has 1 rings (SSSR count). The summed E-state index contributed by atoms with van der Waals surface area (Å²) in [5, 5.41) is -0.469. The van der Waals surface area contributed by atoms with Crippen molar-refractivity contribution in [3.8, 4) is 11.5 Å². The lowest BCUT2D eigenvalue weighted by molar-refractivity contribution is -0.140. The van der Waals surface area contributed by atoms with Gasteiger partial charge >= 0.3 is 5.97 Å².